The molecule has 0 saturated heterocycles. The first-order chi connectivity index (χ1) is 7.06. The molecule has 0 saturated carbocycles. The summed E-state index contributed by atoms with van der Waals surface area (Å²) in [5.74, 6) is 0. The third-order valence-corrected chi connectivity index (χ3v) is 2.83. The fourth-order valence-electron chi connectivity index (χ4n) is 1.68. The van der Waals surface area contributed by atoms with E-state index in [9.17, 15) is 0 Å². The normalized spacial score (nSPS) is 11.7. The largest absolute Gasteiger partial charge is 0.316 e. The highest BCUT2D eigenvalue weighted by molar-refractivity contribution is 5.27. The second-order valence-corrected chi connectivity index (χ2v) is 4.93. The second kappa shape index (κ2) is 5.32. The average molecular weight is 205 g/mol. The Morgan fingerprint density at radius 2 is 1.73 bits per heavy atom. The van der Waals surface area contributed by atoms with Crippen molar-refractivity contribution in [2.24, 2.45) is 0 Å². The van der Waals surface area contributed by atoms with Gasteiger partial charge in [-0.05, 0) is 25.5 Å². The summed E-state index contributed by atoms with van der Waals surface area (Å²) in [6.45, 7) is 11.1. The van der Waals surface area contributed by atoms with Crippen molar-refractivity contribution in [1.29, 1.82) is 0 Å². The van der Waals surface area contributed by atoms with Gasteiger partial charge in [0.05, 0.1) is 0 Å². The Morgan fingerprint density at radius 1 is 1.13 bits per heavy atom. The number of rotatable bonds is 5. The van der Waals surface area contributed by atoms with Crippen LogP contribution in [-0.2, 0) is 5.41 Å². The molecule has 1 N–H and O–H groups in total. The van der Waals surface area contributed by atoms with Crippen LogP contribution in [0.2, 0.25) is 0 Å². The molecule has 15 heavy (non-hydrogen) atoms. The molecule has 0 unspecified atom stereocenters. The van der Waals surface area contributed by atoms with E-state index in [1.807, 2.05) is 0 Å². The van der Waals surface area contributed by atoms with Gasteiger partial charge in [0, 0.05) is 12.0 Å². The summed E-state index contributed by atoms with van der Waals surface area (Å²) in [6.07, 6.45) is 1.20. The fourth-order valence-corrected chi connectivity index (χ4v) is 1.68. The van der Waals surface area contributed by atoms with E-state index in [1.54, 1.807) is 0 Å². The lowest BCUT2D eigenvalue weighted by molar-refractivity contribution is 0.469. The van der Waals surface area contributed by atoms with Crippen LogP contribution in [-0.4, -0.2) is 13.1 Å². The zero-order valence-electron chi connectivity index (χ0n) is 10.4. The predicted octanol–water partition coefficient (Wildman–Crippen LogP) is 3.27. The van der Waals surface area contributed by atoms with Crippen LogP contribution in [0.3, 0.4) is 0 Å². The first kappa shape index (κ1) is 12.3. The minimum absolute atomic E-state index is 0.225. The van der Waals surface area contributed by atoms with Gasteiger partial charge in [0.2, 0.25) is 0 Å². The third kappa shape index (κ3) is 3.67. The summed E-state index contributed by atoms with van der Waals surface area (Å²) in [5, 5.41) is 3.49. The van der Waals surface area contributed by atoms with Crippen LogP contribution < -0.4 is 5.32 Å². The van der Waals surface area contributed by atoms with E-state index in [0.29, 0.717) is 0 Å². The molecule has 84 valence electrons. The van der Waals surface area contributed by atoms with Crippen LogP contribution in [0.1, 0.15) is 38.3 Å². The molecule has 0 atom stereocenters. The lowest BCUT2D eigenvalue weighted by atomic mass is 9.84. The van der Waals surface area contributed by atoms with Crippen molar-refractivity contribution in [3.8, 4) is 0 Å². The molecule has 0 amide bonds. The van der Waals surface area contributed by atoms with E-state index in [1.165, 1.54) is 17.5 Å². The van der Waals surface area contributed by atoms with Gasteiger partial charge >= 0.3 is 0 Å². The minimum atomic E-state index is 0.225. The van der Waals surface area contributed by atoms with Gasteiger partial charge in [-0.15, -0.1) is 0 Å². The quantitative estimate of drug-likeness (QED) is 0.727. The molecule has 0 bridgehead atoms. The lowest BCUT2D eigenvalue weighted by Gasteiger charge is -2.25. The van der Waals surface area contributed by atoms with E-state index >= 15 is 0 Å². The monoisotopic (exact) mass is 205 g/mol. The molecular weight excluding hydrogens is 182 g/mol. The summed E-state index contributed by atoms with van der Waals surface area (Å²) >= 11 is 0. The number of aryl methyl sites for hydroxylation is 1. The number of hydrogen-bond acceptors (Lipinski definition) is 1. The molecule has 0 aliphatic heterocycles. The Balaban J connectivity index is 2.63. The first-order valence-corrected chi connectivity index (χ1v) is 5.84. The van der Waals surface area contributed by atoms with Crippen molar-refractivity contribution >= 4 is 0 Å². The number of benzene rings is 1. The number of nitrogens with one attached hydrogen (secondary N) is 1. The van der Waals surface area contributed by atoms with Gasteiger partial charge in [-0.2, -0.15) is 0 Å². The summed E-state index contributed by atoms with van der Waals surface area (Å²) in [6, 6.07) is 8.86. The highest BCUT2D eigenvalue weighted by atomic mass is 14.9. The molecule has 0 aliphatic rings. The Morgan fingerprint density at radius 3 is 2.27 bits per heavy atom. The topological polar surface area (TPSA) is 12.0 Å². The Hall–Kier alpha value is -0.820. The van der Waals surface area contributed by atoms with Crippen LogP contribution in [0.4, 0.5) is 0 Å². The van der Waals surface area contributed by atoms with E-state index in [4.69, 9.17) is 0 Å². The highest BCUT2D eigenvalue weighted by Gasteiger charge is 2.19. The molecule has 1 heteroatoms. The average Bonchev–Trinajstić information content (AvgIpc) is 2.18. The van der Waals surface area contributed by atoms with Crippen molar-refractivity contribution in [2.75, 3.05) is 13.1 Å². The molecule has 0 radical (unpaired) electrons. The van der Waals surface area contributed by atoms with Crippen LogP contribution in [0, 0.1) is 6.92 Å². The molecular formula is C14H23N. The van der Waals surface area contributed by atoms with Crippen LogP contribution in [0.5, 0.6) is 0 Å². The smallest absolute Gasteiger partial charge is 0.00431 e. The fraction of sp³-hybridized carbons (Fsp3) is 0.571. The zero-order chi connectivity index (χ0) is 11.3. The maximum absolute atomic E-state index is 3.49. The van der Waals surface area contributed by atoms with Crippen molar-refractivity contribution in [1.82, 2.24) is 5.32 Å². The summed E-state index contributed by atoms with van der Waals surface area (Å²) in [5.41, 5.74) is 2.97. The summed E-state index contributed by atoms with van der Waals surface area (Å²) < 4.78 is 0. The standard InChI is InChI=1S/C14H23N/c1-5-10-15-11-14(3,4)13-8-6-12(2)7-9-13/h6-9,15H,5,10-11H2,1-4H3. The first-order valence-electron chi connectivity index (χ1n) is 5.84. The molecule has 0 spiro atoms. The molecule has 1 aromatic carbocycles. The predicted molar refractivity (Wildman–Crippen MR) is 67.4 cm³/mol. The van der Waals surface area contributed by atoms with E-state index in [-0.39, 0.29) is 5.41 Å². The van der Waals surface area contributed by atoms with Crippen molar-refractivity contribution in [2.45, 2.75) is 39.5 Å². The molecule has 0 heterocycles. The summed E-state index contributed by atoms with van der Waals surface area (Å²) in [7, 11) is 0. The lowest BCUT2D eigenvalue weighted by Crippen LogP contribution is -2.33. The van der Waals surface area contributed by atoms with Gasteiger partial charge in [0.15, 0.2) is 0 Å². The van der Waals surface area contributed by atoms with E-state index < -0.39 is 0 Å². The Labute approximate surface area is 93.9 Å². The molecule has 0 aliphatic carbocycles. The maximum Gasteiger partial charge on any atom is 0.00431 e. The van der Waals surface area contributed by atoms with Crippen LogP contribution in [0.15, 0.2) is 24.3 Å². The highest BCUT2D eigenvalue weighted by Crippen LogP contribution is 2.22. The van der Waals surface area contributed by atoms with Crippen LogP contribution >= 0.6 is 0 Å². The van der Waals surface area contributed by atoms with Crippen LogP contribution in [0.25, 0.3) is 0 Å². The number of hydrogen-bond donors (Lipinski definition) is 1. The van der Waals surface area contributed by atoms with E-state index in [0.717, 1.165) is 13.1 Å². The van der Waals surface area contributed by atoms with Gasteiger partial charge in [0.1, 0.15) is 0 Å². The second-order valence-electron chi connectivity index (χ2n) is 4.93. The molecule has 1 rings (SSSR count). The minimum Gasteiger partial charge on any atom is -0.316 e. The van der Waals surface area contributed by atoms with Crippen molar-refractivity contribution in [3.63, 3.8) is 0 Å². The van der Waals surface area contributed by atoms with Gasteiger partial charge < -0.3 is 5.32 Å². The van der Waals surface area contributed by atoms with Gasteiger partial charge in [-0.3, -0.25) is 0 Å². The van der Waals surface area contributed by atoms with Gasteiger partial charge in [-0.25, -0.2) is 0 Å². The molecule has 1 nitrogen and oxygen atoms in total. The SMILES string of the molecule is CCCNCC(C)(C)c1ccc(C)cc1. The summed E-state index contributed by atoms with van der Waals surface area (Å²) in [4.78, 5) is 0. The molecule has 1 aromatic rings. The van der Waals surface area contributed by atoms with Gasteiger partial charge in [0.25, 0.3) is 0 Å². The van der Waals surface area contributed by atoms with Crippen molar-refractivity contribution < 1.29 is 0 Å². The van der Waals surface area contributed by atoms with E-state index in [2.05, 4.69) is 57.3 Å². The Bertz CT molecular complexity index is 285. The Kier molecular flexibility index (Phi) is 4.34. The zero-order valence-corrected chi connectivity index (χ0v) is 10.4. The van der Waals surface area contributed by atoms with Gasteiger partial charge in [-0.1, -0.05) is 50.6 Å². The molecule has 0 fully saturated rings. The molecule has 0 aromatic heterocycles. The van der Waals surface area contributed by atoms with Crippen molar-refractivity contribution in [3.05, 3.63) is 35.4 Å². The third-order valence-electron chi connectivity index (χ3n) is 2.83. The maximum atomic E-state index is 3.49.